The van der Waals surface area contributed by atoms with Crippen LogP contribution >= 0.6 is 0 Å². The molecule has 0 aromatic carbocycles. The quantitative estimate of drug-likeness (QED) is 0.281. The van der Waals surface area contributed by atoms with Crippen LogP contribution in [0.25, 0.3) is 10.4 Å². The van der Waals surface area contributed by atoms with Crippen molar-refractivity contribution in [3.05, 3.63) is 10.4 Å². The fraction of sp³-hybridized carbons (Fsp3) is 0.667. The van der Waals surface area contributed by atoms with Crippen LogP contribution in [0.5, 0.6) is 0 Å². The van der Waals surface area contributed by atoms with Crippen molar-refractivity contribution in [1.29, 1.82) is 0 Å². The van der Waals surface area contributed by atoms with Crippen LogP contribution in [0, 0.1) is 0 Å². The van der Waals surface area contributed by atoms with Crippen molar-refractivity contribution >= 4 is 12.1 Å². The lowest BCUT2D eigenvalue weighted by atomic mass is 10.5. The molecule has 0 aliphatic carbocycles. The number of amides is 1. The van der Waals surface area contributed by atoms with Gasteiger partial charge in [0.05, 0.1) is 6.42 Å². The van der Waals surface area contributed by atoms with E-state index in [-0.39, 0.29) is 26.1 Å². The third-order valence-electron chi connectivity index (χ3n) is 1.09. The van der Waals surface area contributed by atoms with Crippen molar-refractivity contribution in [3.8, 4) is 0 Å². The Morgan fingerprint density at radius 2 is 2.29 bits per heavy atom. The molecular formula is C6H10N4O4. The molecule has 0 radical (unpaired) electrons. The highest BCUT2D eigenvalue weighted by Gasteiger charge is 2.02. The summed E-state index contributed by atoms with van der Waals surface area (Å²) in [5, 5.41) is 13.6. The van der Waals surface area contributed by atoms with Crippen LogP contribution in [-0.2, 0) is 9.53 Å². The molecule has 1 amide bonds. The largest absolute Gasteiger partial charge is 0.481 e. The Balaban J connectivity index is 3.36. The fourth-order valence-electron chi connectivity index (χ4n) is 0.535. The van der Waals surface area contributed by atoms with E-state index in [0.717, 1.165) is 0 Å². The second-order valence-corrected chi connectivity index (χ2v) is 2.16. The summed E-state index contributed by atoms with van der Waals surface area (Å²) in [6.07, 6.45) is -0.955. The summed E-state index contributed by atoms with van der Waals surface area (Å²) in [6, 6.07) is 0. The van der Waals surface area contributed by atoms with Gasteiger partial charge in [-0.05, 0) is 5.53 Å². The number of nitrogens with one attached hydrogen (secondary N) is 1. The number of azide groups is 1. The molecule has 0 fully saturated rings. The SMILES string of the molecule is [N-]=[N+]=NCCNC(=O)OCCC(=O)O. The topological polar surface area (TPSA) is 124 Å². The normalized spacial score (nSPS) is 8.57. The molecule has 0 aliphatic rings. The van der Waals surface area contributed by atoms with E-state index in [1.807, 2.05) is 0 Å². The van der Waals surface area contributed by atoms with Gasteiger partial charge in [-0.3, -0.25) is 4.79 Å². The van der Waals surface area contributed by atoms with Crippen LogP contribution in [0.1, 0.15) is 6.42 Å². The van der Waals surface area contributed by atoms with Gasteiger partial charge in [0, 0.05) is 18.0 Å². The van der Waals surface area contributed by atoms with Gasteiger partial charge >= 0.3 is 12.1 Å². The average molecular weight is 202 g/mol. The molecule has 0 aliphatic heterocycles. The zero-order valence-electron chi connectivity index (χ0n) is 7.34. The Hall–Kier alpha value is -1.95. The molecule has 2 N–H and O–H groups in total. The van der Waals surface area contributed by atoms with Gasteiger partial charge in [0.25, 0.3) is 0 Å². The van der Waals surface area contributed by atoms with E-state index in [1.54, 1.807) is 0 Å². The number of carboxylic acid groups (broad SMARTS) is 1. The number of ether oxygens (including phenoxy) is 1. The number of hydrogen-bond acceptors (Lipinski definition) is 4. The third-order valence-corrected chi connectivity index (χ3v) is 1.09. The molecule has 0 atom stereocenters. The Kier molecular flexibility index (Phi) is 6.62. The van der Waals surface area contributed by atoms with E-state index in [1.165, 1.54) is 0 Å². The van der Waals surface area contributed by atoms with E-state index in [0.29, 0.717) is 0 Å². The molecule has 0 aromatic heterocycles. The molecule has 8 nitrogen and oxygen atoms in total. The van der Waals surface area contributed by atoms with Crippen LogP contribution in [0.4, 0.5) is 4.79 Å². The predicted octanol–water partition coefficient (Wildman–Crippen LogP) is 0.498. The molecule has 0 heterocycles. The number of rotatable bonds is 6. The van der Waals surface area contributed by atoms with Gasteiger partial charge in [0.2, 0.25) is 0 Å². The van der Waals surface area contributed by atoms with Crippen LogP contribution < -0.4 is 5.32 Å². The van der Waals surface area contributed by atoms with Gasteiger partial charge < -0.3 is 15.2 Å². The van der Waals surface area contributed by atoms with Crippen LogP contribution in [0.2, 0.25) is 0 Å². The summed E-state index contributed by atoms with van der Waals surface area (Å²) < 4.78 is 4.47. The molecule has 0 rings (SSSR count). The van der Waals surface area contributed by atoms with Gasteiger partial charge in [0.1, 0.15) is 6.61 Å². The maximum atomic E-state index is 10.7. The van der Waals surface area contributed by atoms with E-state index in [9.17, 15) is 9.59 Å². The maximum absolute atomic E-state index is 10.7. The van der Waals surface area contributed by atoms with Crippen molar-refractivity contribution in [2.24, 2.45) is 5.11 Å². The smallest absolute Gasteiger partial charge is 0.407 e. The average Bonchev–Trinajstić information content (AvgIpc) is 2.12. The first-order chi connectivity index (χ1) is 6.66. The number of alkyl carbamates (subject to hydrolysis) is 1. The summed E-state index contributed by atoms with van der Waals surface area (Å²) >= 11 is 0. The highest BCUT2D eigenvalue weighted by Crippen LogP contribution is 1.83. The van der Waals surface area contributed by atoms with E-state index < -0.39 is 12.1 Å². The van der Waals surface area contributed by atoms with Crippen molar-refractivity contribution in [3.63, 3.8) is 0 Å². The van der Waals surface area contributed by atoms with Crippen molar-refractivity contribution in [2.75, 3.05) is 19.7 Å². The number of carbonyl (C=O) groups is 2. The molecule has 0 saturated carbocycles. The first-order valence-electron chi connectivity index (χ1n) is 3.80. The summed E-state index contributed by atoms with van der Waals surface area (Å²) in [5.41, 5.74) is 7.88. The highest BCUT2D eigenvalue weighted by molar-refractivity contribution is 5.69. The molecule has 8 heteroatoms. The molecule has 0 saturated heterocycles. The first-order valence-corrected chi connectivity index (χ1v) is 3.80. The molecule has 0 spiro atoms. The van der Waals surface area contributed by atoms with Crippen molar-refractivity contribution < 1.29 is 19.4 Å². The second kappa shape index (κ2) is 7.69. The fourth-order valence-corrected chi connectivity index (χ4v) is 0.535. The van der Waals surface area contributed by atoms with Crippen LogP contribution in [-0.4, -0.2) is 36.9 Å². The van der Waals surface area contributed by atoms with Crippen molar-refractivity contribution in [2.45, 2.75) is 6.42 Å². The highest BCUT2D eigenvalue weighted by atomic mass is 16.5. The van der Waals surface area contributed by atoms with Gasteiger partial charge in [-0.2, -0.15) is 0 Å². The minimum absolute atomic E-state index is 0.129. The monoisotopic (exact) mass is 202 g/mol. The molecule has 14 heavy (non-hydrogen) atoms. The van der Waals surface area contributed by atoms with Gasteiger partial charge in [0.15, 0.2) is 0 Å². The molecular weight excluding hydrogens is 192 g/mol. The predicted molar refractivity (Wildman–Crippen MR) is 45.6 cm³/mol. The number of hydrogen-bond donors (Lipinski definition) is 2. The standard InChI is InChI=1S/C6H10N4O4/c7-10-9-3-2-8-6(13)14-4-1-5(11)12/h1-4H2,(H,8,13)(H,11,12). The number of aliphatic carboxylic acids is 1. The molecule has 78 valence electrons. The lowest BCUT2D eigenvalue weighted by Crippen LogP contribution is -2.27. The number of nitrogens with zero attached hydrogens (tertiary/aromatic N) is 3. The van der Waals surface area contributed by atoms with E-state index in [4.69, 9.17) is 10.6 Å². The zero-order valence-corrected chi connectivity index (χ0v) is 7.34. The van der Waals surface area contributed by atoms with E-state index >= 15 is 0 Å². The lowest BCUT2D eigenvalue weighted by Gasteiger charge is -2.03. The van der Waals surface area contributed by atoms with E-state index in [2.05, 4.69) is 20.1 Å². The Morgan fingerprint density at radius 3 is 2.86 bits per heavy atom. The minimum atomic E-state index is -1.04. The zero-order chi connectivity index (χ0) is 10.8. The van der Waals surface area contributed by atoms with Crippen molar-refractivity contribution in [1.82, 2.24) is 5.32 Å². The maximum Gasteiger partial charge on any atom is 0.407 e. The first kappa shape index (κ1) is 12.0. The molecule has 0 bridgehead atoms. The number of carboxylic acids is 1. The third kappa shape index (κ3) is 8.15. The summed E-state index contributed by atoms with van der Waals surface area (Å²) in [7, 11) is 0. The van der Waals surface area contributed by atoms with Crippen LogP contribution in [0.3, 0.4) is 0 Å². The van der Waals surface area contributed by atoms with Gasteiger partial charge in [-0.1, -0.05) is 5.11 Å². The van der Waals surface area contributed by atoms with Gasteiger partial charge in [-0.25, -0.2) is 4.79 Å². The Morgan fingerprint density at radius 1 is 1.57 bits per heavy atom. The summed E-state index contributed by atoms with van der Waals surface area (Å²) in [5.74, 6) is -1.04. The summed E-state index contributed by atoms with van der Waals surface area (Å²) in [6.45, 7) is 0.114. The second-order valence-electron chi connectivity index (χ2n) is 2.16. The summed E-state index contributed by atoms with van der Waals surface area (Å²) in [4.78, 5) is 23.2. The Labute approximate surface area is 79.5 Å². The van der Waals surface area contributed by atoms with Crippen LogP contribution in [0.15, 0.2) is 5.11 Å². The Bertz CT molecular complexity index is 238. The van der Waals surface area contributed by atoms with Gasteiger partial charge in [-0.15, -0.1) is 0 Å². The lowest BCUT2D eigenvalue weighted by molar-refractivity contribution is -0.137. The molecule has 0 aromatic rings. The molecule has 0 unspecified atom stereocenters. The minimum Gasteiger partial charge on any atom is -0.481 e. The number of carbonyl (C=O) groups excluding carboxylic acids is 1.